The maximum absolute atomic E-state index is 11.6. The highest BCUT2D eigenvalue weighted by atomic mass is 32.2. The standard InChI is InChI=1S/C13H23N3O3S/c1-15(2)13(17)9-16-6-3-11(4-7-16)14-12-5-8-20(18,19)10-12/h5,8,11-12,14H,3-4,6-7,9-10H2,1-2H3. The predicted octanol–water partition coefficient (Wildman–Crippen LogP) is -0.561. The minimum absolute atomic E-state index is 0.0556. The zero-order chi connectivity index (χ0) is 14.8. The molecule has 2 heterocycles. The molecule has 7 heteroatoms. The molecular formula is C13H23N3O3S. The number of likely N-dealkylation sites (tertiary alicyclic amines) is 1. The van der Waals surface area contributed by atoms with Crippen molar-refractivity contribution in [2.24, 2.45) is 0 Å². The Labute approximate surface area is 120 Å². The number of hydrogen-bond donors (Lipinski definition) is 1. The van der Waals surface area contributed by atoms with Crippen LogP contribution in [0, 0.1) is 0 Å². The molecule has 0 saturated carbocycles. The third kappa shape index (κ3) is 4.29. The summed E-state index contributed by atoms with van der Waals surface area (Å²) in [6, 6.07) is 0.281. The van der Waals surface area contributed by atoms with Gasteiger partial charge in [-0.05, 0) is 12.8 Å². The summed E-state index contributed by atoms with van der Waals surface area (Å²) in [6.45, 7) is 2.22. The van der Waals surface area contributed by atoms with Crippen LogP contribution in [0.2, 0.25) is 0 Å². The Morgan fingerprint density at radius 1 is 1.35 bits per heavy atom. The topological polar surface area (TPSA) is 69.7 Å². The third-order valence-corrected chi connectivity index (χ3v) is 5.22. The molecule has 2 aliphatic rings. The minimum Gasteiger partial charge on any atom is -0.348 e. The van der Waals surface area contributed by atoms with Gasteiger partial charge in [0.05, 0.1) is 12.3 Å². The first kappa shape index (κ1) is 15.5. The average Bonchev–Trinajstić information content (AvgIpc) is 2.71. The Balaban J connectivity index is 1.72. The number of piperidine rings is 1. The molecule has 0 bridgehead atoms. The van der Waals surface area contributed by atoms with Gasteiger partial charge in [-0.15, -0.1) is 0 Å². The van der Waals surface area contributed by atoms with Crippen LogP contribution in [0.5, 0.6) is 0 Å². The SMILES string of the molecule is CN(C)C(=O)CN1CCC(NC2C=CS(=O)(=O)C2)CC1. The van der Waals surface area contributed by atoms with Crippen molar-refractivity contribution in [2.45, 2.75) is 24.9 Å². The molecule has 1 atom stereocenters. The first-order valence-corrected chi connectivity index (χ1v) is 8.67. The lowest BCUT2D eigenvalue weighted by Gasteiger charge is -2.33. The summed E-state index contributed by atoms with van der Waals surface area (Å²) >= 11 is 0. The van der Waals surface area contributed by atoms with E-state index in [1.165, 1.54) is 5.41 Å². The summed E-state index contributed by atoms with van der Waals surface area (Å²) < 4.78 is 22.7. The van der Waals surface area contributed by atoms with Crippen LogP contribution in [0.3, 0.4) is 0 Å². The molecule has 2 rings (SSSR count). The molecule has 1 fully saturated rings. The molecule has 1 amide bonds. The summed E-state index contributed by atoms with van der Waals surface area (Å²) in [5, 5.41) is 4.68. The molecule has 6 nitrogen and oxygen atoms in total. The molecule has 0 aliphatic carbocycles. The minimum atomic E-state index is -2.99. The fraction of sp³-hybridized carbons (Fsp3) is 0.769. The number of likely N-dealkylation sites (N-methyl/N-ethyl adjacent to an activating group) is 1. The van der Waals surface area contributed by atoms with Crippen molar-refractivity contribution < 1.29 is 13.2 Å². The smallest absolute Gasteiger partial charge is 0.236 e. The Kier molecular flexibility index (Phi) is 4.82. The van der Waals surface area contributed by atoms with Crippen molar-refractivity contribution >= 4 is 15.7 Å². The van der Waals surface area contributed by atoms with Crippen molar-refractivity contribution in [3.05, 3.63) is 11.5 Å². The second-order valence-corrected chi connectivity index (χ2v) is 7.70. The summed E-state index contributed by atoms with van der Waals surface area (Å²) in [5.41, 5.74) is 0. The summed E-state index contributed by atoms with van der Waals surface area (Å²) in [6.07, 6.45) is 3.63. The number of amides is 1. The van der Waals surface area contributed by atoms with Crippen LogP contribution < -0.4 is 5.32 Å². The van der Waals surface area contributed by atoms with Crippen LogP contribution in [0.25, 0.3) is 0 Å². The first-order chi connectivity index (χ1) is 9.35. The lowest BCUT2D eigenvalue weighted by Crippen LogP contribution is -2.48. The summed E-state index contributed by atoms with van der Waals surface area (Å²) in [4.78, 5) is 15.4. The Bertz CT molecular complexity index is 479. The molecule has 1 unspecified atom stereocenters. The molecular weight excluding hydrogens is 278 g/mol. The van der Waals surface area contributed by atoms with Gasteiger partial charge in [0.25, 0.3) is 0 Å². The van der Waals surface area contributed by atoms with Crippen LogP contribution >= 0.6 is 0 Å². The molecule has 1 saturated heterocycles. The van der Waals surface area contributed by atoms with E-state index in [0.717, 1.165) is 25.9 Å². The molecule has 0 aromatic rings. The van der Waals surface area contributed by atoms with Crippen LogP contribution in [0.4, 0.5) is 0 Å². The highest BCUT2D eigenvalue weighted by Gasteiger charge is 2.26. The number of sulfone groups is 1. The van der Waals surface area contributed by atoms with Crippen molar-refractivity contribution in [2.75, 3.05) is 39.5 Å². The molecule has 0 spiro atoms. The van der Waals surface area contributed by atoms with Gasteiger partial charge >= 0.3 is 0 Å². The Hall–Kier alpha value is -0.920. The highest BCUT2D eigenvalue weighted by molar-refractivity contribution is 7.94. The van der Waals surface area contributed by atoms with E-state index in [0.29, 0.717) is 12.6 Å². The van der Waals surface area contributed by atoms with E-state index in [-0.39, 0.29) is 17.7 Å². The van der Waals surface area contributed by atoms with Crippen LogP contribution in [0.15, 0.2) is 11.5 Å². The van der Waals surface area contributed by atoms with Gasteiger partial charge in [0, 0.05) is 44.7 Å². The summed E-state index contributed by atoms with van der Waals surface area (Å²) in [7, 11) is 0.549. The molecule has 2 aliphatic heterocycles. The number of carbonyl (C=O) groups excluding carboxylic acids is 1. The number of carbonyl (C=O) groups is 1. The number of nitrogens with one attached hydrogen (secondary N) is 1. The molecule has 114 valence electrons. The monoisotopic (exact) mass is 301 g/mol. The number of nitrogens with zero attached hydrogens (tertiary/aromatic N) is 2. The third-order valence-electron chi connectivity index (χ3n) is 3.83. The van der Waals surface area contributed by atoms with Crippen LogP contribution in [0.1, 0.15) is 12.8 Å². The first-order valence-electron chi connectivity index (χ1n) is 6.95. The van der Waals surface area contributed by atoms with Crippen molar-refractivity contribution in [3.8, 4) is 0 Å². The number of rotatable bonds is 4. The van der Waals surface area contributed by atoms with Crippen LogP contribution in [-0.4, -0.2) is 75.7 Å². The second kappa shape index (κ2) is 6.24. The van der Waals surface area contributed by atoms with Gasteiger partial charge in [-0.25, -0.2) is 8.42 Å². The molecule has 0 radical (unpaired) electrons. The molecule has 0 aromatic carbocycles. The lowest BCUT2D eigenvalue weighted by atomic mass is 10.0. The molecule has 20 heavy (non-hydrogen) atoms. The zero-order valence-electron chi connectivity index (χ0n) is 12.1. The van der Waals surface area contributed by atoms with Gasteiger partial charge in [-0.2, -0.15) is 0 Å². The molecule has 1 N–H and O–H groups in total. The normalized spacial score (nSPS) is 26.8. The quantitative estimate of drug-likeness (QED) is 0.754. The zero-order valence-corrected chi connectivity index (χ0v) is 12.9. The van der Waals surface area contributed by atoms with E-state index in [9.17, 15) is 13.2 Å². The second-order valence-electron chi connectivity index (χ2n) is 5.77. The van der Waals surface area contributed by atoms with Crippen molar-refractivity contribution in [3.63, 3.8) is 0 Å². The van der Waals surface area contributed by atoms with Gasteiger partial charge in [0.15, 0.2) is 9.84 Å². The van der Waals surface area contributed by atoms with Crippen LogP contribution in [-0.2, 0) is 14.6 Å². The fourth-order valence-corrected chi connectivity index (χ4v) is 3.82. The van der Waals surface area contributed by atoms with Gasteiger partial charge < -0.3 is 10.2 Å². The van der Waals surface area contributed by atoms with Crippen molar-refractivity contribution in [1.29, 1.82) is 0 Å². The van der Waals surface area contributed by atoms with E-state index < -0.39 is 9.84 Å². The largest absolute Gasteiger partial charge is 0.348 e. The Morgan fingerprint density at radius 3 is 2.50 bits per heavy atom. The van der Waals surface area contributed by atoms with E-state index in [1.807, 2.05) is 0 Å². The highest BCUT2D eigenvalue weighted by Crippen LogP contribution is 2.14. The van der Waals surface area contributed by atoms with E-state index in [4.69, 9.17) is 0 Å². The van der Waals surface area contributed by atoms with E-state index in [2.05, 4.69) is 10.2 Å². The maximum Gasteiger partial charge on any atom is 0.236 e. The van der Waals surface area contributed by atoms with Gasteiger partial charge in [-0.1, -0.05) is 6.08 Å². The van der Waals surface area contributed by atoms with Gasteiger partial charge in [-0.3, -0.25) is 9.69 Å². The van der Waals surface area contributed by atoms with Gasteiger partial charge in [0.2, 0.25) is 5.91 Å². The van der Waals surface area contributed by atoms with E-state index >= 15 is 0 Å². The fourth-order valence-electron chi connectivity index (χ4n) is 2.57. The van der Waals surface area contributed by atoms with Crippen molar-refractivity contribution in [1.82, 2.24) is 15.1 Å². The number of hydrogen-bond acceptors (Lipinski definition) is 5. The predicted molar refractivity (Wildman–Crippen MR) is 78.0 cm³/mol. The van der Waals surface area contributed by atoms with E-state index in [1.54, 1.807) is 25.1 Å². The van der Waals surface area contributed by atoms with Gasteiger partial charge in [0.1, 0.15) is 0 Å². The maximum atomic E-state index is 11.6. The average molecular weight is 301 g/mol. The summed E-state index contributed by atoms with van der Waals surface area (Å²) in [5.74, 6) is 0.299. The molecule has 0 aromatic heterocycles. The lowest BCUT2D eigenvalue weighted by molar-refractivity contribution is -0.130. The Morgan fingerprint density at radius 2 is 2.00 bits per heavy atom.